The first kappa shape index (κ1) is 15.7. The molecule has 0 atom stereocenters. The summed E-state index contributed by atoms with van der Waals surface area (Å²) in [6.45, 7) is 4.15. The number of carbonyl (C=O) groups is 1. The Bertz CT molecular complexity index is 503. The summed E-state index contributed by atoms with van der Waals surface area (Å²) in [5, 5.41) is 0.976. The minimum absolute atomic E-state index is 0.300. The van der Waals surface area contributed by atoms with Crippen molar-refractivity contribution in [3.05, 3.63) is 5.82 Å². The van der Waals surface area contributed by atoms with Gasteiger partial charge in [-0.2, -0.15) is 4.37 Å². The third kappa shape index (κ3) is 3.57. The third-order valence-electron chi connectivity index (χ3n) is 4.52. The van der Waals surface area contributed by atoms with E-state index in [2.05, 4.69) is 19.2 Å². The topological polar surface area (TPSA) is 58.6 Å². The van der Waals surface area contributed by atoms with Crippen LogP contribution in [0.3, 0.4) is 0 Å². The van der Waals surface area contributed by atoms with Crippen molar-refractivity contribution in [2.75, 3.05) is 44.8 Å². The van der Waals surface area contributed by atoms with Crippen LogP contribution in [0.1, 0.15) is 31.5 Å². The molecule has 0 unspecified atom stereocenters. The van der Waals surface area contributed by atoms with Gasteiger partial charge in [-0.15, -0.1) is 0 Å². The quantitative estimate of drug-likeness (QED) is 0.823. The van der Waals surface area contributed by atoms with Gasteiger partial charge in [-0.1, -0.05) is 6.42 Å². The average molecular weight is 324 g/mol. The number of rotatable bonds is 5. The lowest BCUT2D eigenvalue weighted by molar-refractivity contribution is -0.137. The molecule has 7 heteroatoms. The minimum atomic E-state index is 0.300. The minimum Gasteiger partial charge on any atom is -0.384 e. The number of aromatic nitrogens is 2. The van der Waals surface area contributed by atoms with Crippen molar-refractivity contribution < 1.29 is 9.53 Å². The van der Waals surface area contributed by atoms with E-state index in [9.17, 15) is 4.79 Å². The zero-order chi connectivity index (χ0) is 15.4. The maximum Gasteiger partial charge on any atom is 0.225 e. The van der Waals surface area contributed by atoms with E-state index in [1.54, 1.807) is 7.11 Å². The molecule has 1 saturated heterocycles. The van der Waals surface area contributed by atoms with Crippen molar-refractivity contribution in [2.24, 2.45) is 5.92 Å². The predicted molar refractivity (Wildman–Crippen MR) is 86.2 cm³/mol. The summed E-state index contributed by atoms with van der Waals surface area (Å²) in [5.74, 6) is 1.52. The van der Waals surface area contributed by atoms with Crippen molar-refractivity contribution in [1.29, 1.82) is 0 Å². The maximum absolute atomic E-state index is 12.4. The fourth-order valence-electron chi connectivity index (χ4n) is 2.91. The van der Waals surface area contributed by atoms with Crippen LogP contribution >= 0.6 is 11.5 Å². The first-order valence-electron chi connectivity index (χ1n) is 8.13. The molecule has 1 aromatic heterocycles. The Balaban J connectivity index is 1.55. The largest absolute Gasteiger partial charge is 0.384 e. The molecule has 1 aliphatic carbocycles. The van der Waals surface area contributed by atoms with E-state index < -0.39 is 0 Å². The standard InChI is InChI=1S/C15H24N4O2S/c1-21-11-6-13-16-15(22-17-13)19-8-3-7-18(9-10-19)14(20)12-4-2-5-12/h12H,2-11H2,1H3. The molecule has 0 N–H and O–H groups in total. The Morgan fingerprint density at radius 3 is 2.86 bits per heavy atom. The molecule has 122 valence electrons. The van der Waals surface area contributed by atoms with Crippen LogP contribution in [0.15, 0.2) is 0 Å². The predicted octanol–water partition coefficient (Wildman–Crippen LogP) is 1.57. The molecule has 0 radical (unpaired) electrons. The molecular formula is C15H24N4O2S. The van der Waals surface area contributed by atoms with E-state index in [1.165, 1.54) is 18.0 Å². The van der Waals surface area contributed by atoms with Crippen LogP contribution in [0.2, 0.25) is 0 Å². The van der Waals surface area contributed by atoms with Gasteiger partial charge in [0.2, 0.25) is 11.0 Å². The van der Waals surface area contributed by atoms with Crippen molar-refractivity contribution in [3.8, 4) is 0 Å². The summed E-state index contributed by atoms with van der Waals surface area (Å²) >= 11 is 1.45. The fourth-order valence-corrected chi connectivity index (χ4v) is 3.67. The van der Waals surface area contributed by atoms with Gasteiger partial charge in [0.1, 0.15) is 5.82 Å². The van der Waals surface area contributed by atoms with Gasteiger partial charge >= 0.3 is 0 Å². The van der Waals surface area contributed by atoms with E-state index in [4.69, 9.17) is 4.74 Å². The molecule has 1 aliphatic heterocycles. The number of hydrogen-bond acceptors (Lipinski definition) is 6. The van der Waals surface area contributed by atoms with Crippen molar-refractivity contribution in [1.82, 2.24) is 14.3 Å². The highest BCUT2D eigenvalue weighted by atomic mass is 32.1. The molecule has 3 rings (SSSR count). The first-order valence-corrected chi connectivity index (χ1v) is 8.90. The highest BCUT2D eigenvalue weighted by Crippen LogP contribution is 2.29. The van der Waals surface area contributed by atoms with Gasteiger partial charge in [0, 0.05) is 57.2 Å². The van der Waals surface area contributed by atoms with Crippen molar-refractivity contribution >= 4 is 22.6 Å². The van der Waals surface area contributed by atoms with Crippen LogP contribution in [0.4, 0.5) is 5.13 Å². The van der Waals surface area contributed by atoms with E-state index >= 15 is 0 Å². The average Bonchev–Trinajstić information content (AvgIpc) is 2.79. The summed E-state index contributed by atoms with van der Waals surface area (Å²) in [6.07, 6.45) is 5.14. The van der Waals surface area contributed by atoms with Gasteiger partial charge in [-0.05, 0) is 19.3 Å². The molecule has 1 aromatic rings. The molecule has 22 heavy (non-hydrogen) atoms. The highest BCUT2D eigenvalue weighted by Gasteiger charge is 2.30. The summed E-state index contributed by atoms with van der Waals surface area (Å²) in [4.78, 5) is 21.3. The molecular weight excluding hydrogens is 300 g/mol. The second-order valence-corrected chi connectivity index (χ2v) is 6.76. The Labute approximate surface area is 135 Å². The lowest BCUT2D eigenvalue weighted by Gasteiger charge is -2.30. The van der Waals surface area contributed by atoms with Crippen LogP contribution in [-0.2, 0) is 16.0 Å². The molecule has 1 saturated carbocycles. The number of nitrogens with zero attached hydrogens (tertiary/aromatic N) is 4. The third-order valence-corrected chi connectivity index (χ3v) is 5.33. The number of ether oxygens (including phenoxy) is 1. The normalized spacial score (nSPS) is 19.9. The molecule has 0 aromatic carbocycles. The zero-order valence-electron chi connectivity index (χ0n) is 13.2. The lowest BCUT2D eigenvalue weighted by Crippen LogP contribution is -2.41. The monoisotopic (exact) mass is 324 g/mol. The smallest absolute Gasteiger partial charge is 0.225 e. The number of anilines is 1. The first-order chi connectivity index (χ1) is 10.8. The van der Waals surface area contributed by atoms with Gasteiger partial charge < -0.3 is 14.5 Å². The molecule has 2 aliphatic rings. The second-order valence-electron chi connectivity index (χ2n) is 6.03. The van der Waals surface area contributed by atoms with E-state index in [1.807, 2.05) is 0 Å². The van der Waals surface area contributed by atoms with E-state index in [0.29, 0.717) is 18.4 Å². The number of hydrogen-bond donors (Lipinski definition) is 0. The van der Waals surface area contributed by atoms with Gasteiger partial charge in [0.15, 0.2) is 0 Å². The van der Waals surface area contributed by atoms with Gasteiger partial charge in [-0.3, -0.25) is 4.79 Å². The SMILES string of the molecule is COCCc1nsc(N2CCCN(C(=O)C3CCC3)CC2)n1. The van der Waals surface area contributed by atoms with Crippen molar-refractivity contribution in [3.63, 3.8) is 0 Å². The van der Waals surface area contributed by atoms with E-state index in [-0.39, 0.29) is 0 Å². The number of carbonyl (C=O) groups excluding carboxylic acids is 1. The molecule has 0 bridgehead atoms. The molecule has 0 spiro atoms. The maximum atomic E-state index is 12.4. The Morgan fingerprint density at radius 2 is 2.14 bits per heavy atom. The Hall–Kier alpha value is -1.21. The molecule has 2 heterocycles. The van der Waals surface area contributed by atoms with Crippen LogP contribution in [0.25, 0.3) is 0 Å². The van der Waals surface area contributed by atoms with Gasteiger partial charge in [0.05, 0.1) is 6.61 Å². The van der Waals surface area contributed by atoms with Gasteiger partial charge in [0.25, 0.3) is 0 Å². The van der Waals surface area contributed by atoms with Crippen LogP contribution in [0.5, 0.6) is 0 Å². The molecule has 2 fully saturated rings. The van der Waals surface area contributed by atoms with Gasteiger partial charge in [-0.25, -0.2) is 4.98 Å². The fraction of sp³-hybridized carbons (Fsp3) is 0.800. The van der Waals surface area contributed by atoms with Crippen LogP contribution < -0.4 is 4.90 Å². The Morgan fingerprint density at radius 1 is 1.27 bits per heavy atom. The molecule has 1 amide bonds. The Kier molecular flexibility index (Phi) is 5.25. The highest BCUT2D eigenvalue weighted by molar-refractivity contribution is 7.09. The summed E-state index contributed by atoms with van der Waals surface area (Å²) in [6, 6.07) is 0. The summed E-state index contributed by atoms with van der Waals surface area (Å²) < 4.78 is 9.46. The number of methoxy groups -OCH3 is 1. The lowest BCUT2D eigenvalue weighted by atomic mass is 9.84. The summed E-state index contributed by atoms with van der Waals surface area (Å²) in [5.41, 5.74) is 0. The second kappa shape index (κ2) is 7.37. The van der Waals surface area contributed by atoms with Crippen LogP contribution in [0, 0.1) is 5.92 Å². The summed E-state index contributed by atoms with van der Waals surface area (Å²) in [7, 11) is 1.69. The molecule has 6 nitrogen and oxygen atoms in total. The van der Waals surface area contributed by atoms with Crippen LogP contribution in [-0.4, -0.2) is 60.1 Å². The zero-order valence-corrected chi connectivity index (χ0v) is 14.0. The number of amides is 1. The van der Waals surface area contributed by atoms with Crippen molar-refractivity contribution in [2.45, 2.75) is 32.1 Å². The van der Waals surface area contributed by atoms with E-state index in [0.717, 1.165) is 62.8 Å².